The summed E-state index contributed by atoms with van der Waals surface area (Å²) in [5.41, 5.74) is 1.28. The molecule has 0 aliphatic rings. The van der Waals surface area contributed by atoms with Crippen LogP contribution in [0.2, 0.25) is 0 Å². The maximum absolute atomic E-state index is 12.3. The minimum atomic E-state index is -1.08. The van der Waals surface area contributed by atoms with E-state index in [1.807, 2.05) is 24.3 Å². The molecule has 0 atom stereocenters. The summed E-state index contributed by atoms with van der Waals surface area (Å²) in [6.45, 7) is 0.832. The molecule has 1 amide bonds. The first kappa shape index (κ1) is 19.3. The van der Waals surface area contributed by atoms with Crippen LogP contribution in [0.5, 0.6) is 11.5 Å². The number of carbonyl (C=O) groups excluding carboxylic acids is 1. The van der Waals surface area contributed by atoms with E-state index in [2.05, 4.69) is 5.32 Å². The van der Waals surface area contributed by atoms with Crippen LogP contribution in [0, 0.1) is 0 Å². The lowest BCUT2D eigenvalue weighted by atomic mass is 10.2. The molecule has 0 spiro atoms. The van der Waals surface area contributed by atoms with Gasteiger partial charge in [-0.1, -0.05) is 18.2 Å². The summed E-state index contributed by atoms with van der Waals surface area (Å²) < 4.78 is 15.6. The largest absolute Gasteiger partial charge is 0.491 e. The van der Waals surface area contributed by atoms with Gasteiger partial charge in [-0.3, -0.25) is 4.79 Å². The predicted octanol–water partition coefficient (Wildman–Crippen LogP) is 2.11. The number of methoxy groups -OCH3 is 1. The molecule has 0 bridgehead atoms. The summed E-state index contributed by atoms with van der Waals surface area (Å²) in [4.78, 5) is 22.8. The van der Waals surface area contributed by atoms with Crippen molar-refractivity contribution >= 4 is 11.9 Å². The van der Waals surface area contributed by atoms with Crippen LogP contribution in [-0.2, 0) is 16.1 Å². The van der Waals surface area contributed by atoms with Crippen LogP contribution < -0.4 is 14.8 Å². The van der Waals surface area contributed by atoms with Gasteiger partial charge in [0.15, 0.2) is 6.61 Å². The van der Waals surface area contributed by atoms with Crippen molar-refractivity contribution in [3.63, 3.8) is 0 Å². The maximum atomic E-state index is 12.3. The molecule has 26 heavy (non-hydrogen) atoms. The van der Waals surface area contributed by atoms with Gasteiger partial charge in [-0.15, -0.1) is 0 Å². The van der Waals surface area contributed by atoms with Gasteiger partial charge >= 0.3 is 5.97 Å². The van der Waals surface area contributed by atoms with Gasteiger partial charge in [0.05, 0.1) is 6.61 Å². The predicted molar refractivity (Wildman–Crippen MR) is 94.6 cm³/mol. The molecule has 0 fully saturated rings. The summed E-state index contributed by atoms with van der Waals surface area (Å²) in [6.07, 6.45) is 0. The van der Waals surface area contributed by atoms with E-state index in [0.717, 1.165) is 5.56 Å². The van der Waals surface area contributed by atoms with Crippen molar-refractivity contribution in [1.82, 2.24) is 5.32 Å². The quantitative estimate of drug-likeness (QED) is 0.631. The van der Waals surface area contributed by atoms with Crippen molar-refractivity contribution in [3.05, 3.63) is 59.7 Å². The Hall–Kier alpha value is -3.06. The molecular weight excluding hydrogens is 338 g/mol. The summed E-state index contributed by atoms with van der Waals surface area (Å²) in [6, 6.07) is 13.8. The van der Waals surface area contributed by atoms with Crippen LogP contribution >= 0.6 is 0 Å². The summed E-state index contributed by atoms with van der Waals surface area (Å²) in [7, 11) is 1.61. The zero-order valence-electron chi connectivity index (χ0n) is 14.4. The lowest BCUT2D eigenvalue weighted by Crippen LogP contribution is -2.22. The second-order valence-electron chi connectivity index (χ2n) is 5.38. The lowest BCUT2D eigenvalue weighted by Gasteiger charge is -2.09. The third kappa shape index (κ3) is 6.45. The molecule has 7 nitrogen and oxygen atoms in total. The Kier molecular flexibility index (Phi) is 7.45. The number of carbonyl (C=O) groups is 2. The molecule has 0 aromatic heterocycles. The summed E-state index contributed by atoms with van der Waals surface area (Å²) >= 11 is 0. The number of carboxylic acids is 1. The smallest absolute Gasteiger partial charge is 0.341 e. The molecule has 0 unspecified atom stereocenters. The van der Waals surface area contributed by atoms with E-state index in [1.54, 1.807) is 25.3 Å². The highest BCUT2D eigenvalue weighted by Gasteiger charge is 2.08. The van der Waals surface area contributed by atoms with Gasteiger partial charge in [-0.25, -0.2) is 4.79 Å². The van der Waals surface area contributed by atoms with Crippen molar-refractivity contribution < 1.29 is 28.9 Å². The Labute approximate surface area is 151 Å². The zero-order chi connectivity index (χ0) is 18.8. The second-order valence-corrected chi connectivity index (χ2v) is 5.38. The van der Waals surface area contributed by atoms with Crippen LogP contribution in [0.3, 0.4) is 0 Å². The highest BCUT2D eigenvalue weighted by Crippen LogP contribution is 2.15. The topological polar surface area (TPSA) is 94.1 Å². The van der Waals surface area contributed by atoms with Crippen molar-refractivity contribution in [2.75, 3.05) is 26.9 Å². The monoisotopic (exact) mass is 359 g/mol. The van der Waals surface area contributed by atoms with Crippen LogP contribution in [0.1, 0.15) is 15.9 Å². The normalized spacial score (nSPS) is 10.2. The Morgan fingerprint density at radius 3 is 2.46 bits per heavy atom. The fourth-order valence-electron chi connectivity index (χ4n) is 2.14. The van der Waals surface area contributed by atoms with E-state index < -0.39 is 12.6 Å². The Morgan fingerprint density at radius 1 is 1.00 bits per heavy atom. The standard InChI is InChI=1S/C19H21NO6/c1-24-8-9-25-16-6-2-4-14(10-16)12-20-19(23)15-5-3-7-17(11-15)26-13-18(21)22/h2-7,10-11H,8-9,12-13H2,1H3,(H,20,23)(H,21,22). The van der Waals surface area contributed by atoms with E-state index in [9.17, 15) is 9.59 Å². The number of hydrogen-bond acceptors (Lipinski definition) is 5. The van der Waals surface area contributed by atoms with Gasteiger partial charge in [-0.05, 0) is 35.9 Å². The number of amides is 1. The van der Waals surface area contributed by atoms with Crippen LogP contribution in [-0.4, -0.2) is 43.9 Å². The molecule has 2 aromatic rings. The minimum absolute atomic E-state index is 0.281. The molecule has 0 aliphatic heterocycles. The number of carboxylic acid groups (broad SMARTS) is 1. The lowest BCUT2D eigenvalue weighted by molar-refractivity contribution is -0.139. The summed E-state index contributed by atoms with van der Waals surface area (Å²) in [5.74, 6) is -0.324. The molecule has 0 saturated carbocycles. The van der Waals surface area contributed by atoms with E-state index in [1.165, 1.54) is 6.07 Å². The highest BCUT2D eigenvalue weighted by atomic mass is 16.5. The Balaban J connectivity index is 1.91. The van der Waals surface area contributed by atoms with Crippen molar-refractivity contribution in [1.29, 1.82) is 0 Å². The number of rotatable bonds is 10. The molecule has 0 saturated heterocycles. The molecule has 0 aliphatic carbocycles. The van der Waals surface area contributed by atoms with Crippen molar-refractivity contribution in [2.24, 2.45) is 0 Å². The molecule has 138 valence electrons. The number of aliphatic carboxylic acids is 1. The van der Waals surface area contributed by atoms with Gasteiger partial charge < -0.3 is 24.6 Å². The Bertz CT molecular complexity index is 746. The molecule has 0 radical (unpaired) electrons. The van der Waals surface area contributed by atoms with Crippen LogP contribution in [0.4, 0.5) is 0 Å². The van der Waals surface area contributed by atoms with Crippen LogP contribution in [0.15, 0.2) is 48.5 Å². The van der Waals surface area contributed by atoms with Crippen molar-refractivity contribution in [2.45, 2.75) is 6.54 Å². The van der Waals surface area contributed by atoms with Gasteiger partial charge in [0.25, 0.3) is 5.91 Å². The molecular formula is C19H21NO6. The fraction of sp³-hybridized carbons (Fsp3) is 0.263. The molecule has 2 rings (SSSR count). The van der Waals surface area contributed by atoms with Gasteiger partial charge in [0, 0.05) is 19.2 Å². The first-order valence-corrected chi connectivity index (χ1v) is 8.02. The number of benzene rings is 2. The average Bonchev–Trinajstić information content (AvgIpc) is 2.65. The Morgan fingerprint density at radius 2 is 1.73 bits per heavy atom. The molecule has 0 heterocycles. The van der Waals surface area contributed by atoms with Gasteiger partial charge in [0.2, 0.25) is 0 Å². The second kappa shape index (κ2) is 10.0. The fourth-order valence-corrected chi connectivity index (χ4v) is 2.14. The first-order chi connectivity index (χ1) is 12.6. The number of ether oxygens (including phenoxy) is 3. The summed E-state index contributed by atoms with van der Waals surface area (Å²) in [5, 5.41) is 11.4. The highest BCUT2D eigenvalue weighted by molar-refractivity contribution is 5.94. The minimum Gasteiger partial charge on any atom is -0.491 e. The number of nitrogens with one attached hydrogen (secondary N) is 1. The zero-order valence-corrected chi connectivity index (χ0v) is 14.4. The third-order valence-corrected chi connectivity index (χ3v) is 3.37. The van der Waals surface area contributed by atoms with E-state index in [0.29, 0.717) is 36.8 Å². The number of hydrogen-bond donors (Lipinski definition) is 2. The van der Waals surface area contributed by atoms with Crippen molar-refractivity contribution in [3.8, 4) is 11.5 Å². The van der Waals surface area contributed by atoms with Crippen LogP contribution in [0.25, 0.3) is 0 Å². The third-order valence-electron chi connectivity index (χ3n) is 3.37. The van der Waals surface area contributed by atoms with E-state index in [-0.39, 0.29) is 5.91 Å². The van der Waals surface area contributed by atoms with Gasteiger partial charge in [0.1, 0.15) is 18.1 Å². The average molecular weight is 359 g/mol. The van der Waals surface area contributed by atoms with E-state index >= 15 is 0 Å². The maximum Gasteiger partial charge on any atom is 0.341 e. The molecule has 7 heteroatoms. The molecule has 2 N–H and O–H groups in total. The van der Waals surface area contributed by atoms with E-state index in [4.69, 9.17) is 19.3 Å². The SMILES string of the molecule is COCCOc1cccc(CNC(=O)c2cccc(OCC(=O)O)c2)c1. The first-order valence-electron chi connectivity index (χ1n) is 8.02. The van der Waals surface area contributed by atoms with Gasteiger partial charge in [-0.2, -0.15) is 0 Å². The molecule has 2 aromatic carbocycles.